The van der Waals surface area contributed by atoms with E-state index in [9.17, 15) is 4.79 Å². The van der Waals surface area contributed by atoms with Gasteiger partial charge < -0.3 is 4.74 Å². The summed E-state index contributed by atoms with van der Waals surface area (Å²) in [6, 6.07) is 14.9. The monoisotopic (exact) mass is 292 g/mol. The second kappa shape index (κ2) is 5.28. The summed E-state index contributed by atoms with van der Waals surface area (Å²) in [5.74, 6) is 1.00. The summed E-state index contributed by atoms with van der Waals surface area (Å²) < 4.78 is 5.08. The molecule has 1 saturated carbocycles. The lowest BCUT2D eigenvalue weighted by molar-refractivity contribution is -0.136. The van der Waals surface area contributed by atoms with Crippen molar-refractivity contribution in [2.24, 2.45) is 11.8 Å². The maximum atomic E-state index is 12.3. The largest absolute Gasteiger partial charge is 0.466 e. The second-order valence-corrected chi connectivity index (χ2v) is 6.53. The van der Waals surface area contributed by atoms with Gasteiger partial charge in [-0.1, -0.05) is 36.4 Å². The quantitative estimate of drug-likeness (QED) is 0.757. The number of fused-ring (bicyclic) bond motifs is 3. The predicted molar refractivity (Wildman–Crippen MR) is 88.3 cm³/mol. The van der Waals surface area contributed by atoms with Gasteiger partial charge in [0, 0.05) is 5.57 Å². The summed E-state index contributed by atoms with van der Waals surface area (Å²) in [5.41, 5.74) is 3.35. The molecule has 2 bridgehead atoms. The maximum absolute atomic E-state index is 12.3. The zero-order valence-electron chi connectivity index (χ0n) is 12.8. The Hall–Kier alpha value is -2.09. The Kier molecular flexibility index (Phi) is 3.25. The second-order valence-electron chi connectivity index (χ2n) is 6.53. The van der Waals surface area contributed by atoms with Gasteiger partial charge in [-0.2, -0.15) is 0 Å². The van der Waals surface area contributed by atoms with E-state index >= 15 is 0 Å². The summed E-state index contributed by atoms with van der Waals surface area (Å²) in [4.78, 5) is 12.3. The molecule has 2 aromatic carbocycles. The maximum Gasteiger partial charge on any atom is 0.334 e. The van der Waals surface area contributed by atoms with Crippen molar-refractivity contribution < 1.29 is 9.53 Å². The number of rotatable bonds is 2. The molecule has 2 aliphatic carbocycles. The number of carbonyl (C=O) groups excluding carboxylic acids is 1. The Morgan fingerprint density at radius 3 is 2.73 bits per heavy atom. The van der Waals surface area contributed by atoms with Crippen molar-refractivity contribution in [3.8, 4) is 0 Å². The Morgan fingerprint density at radius 2 is 1.91 bits per heavy atom. The first-order valence-corrected chi connectivity index (χ1v) is 8.07. The van der Waals surface area contributed by atoms with Crippen LogP contribution in [0, 0.1) is 11.8 Å². The fourth-order valence-electron chi connectivity index (χ4n) is 4.22. The van der Waals surface area contributed by atoms with Crippen LogP contribution in [0.15, 0.2) is 48.0 Å². The normalized spacial score (nSPS) is 23.9. The van der Waals surface area contributed by atoms with Crippen molar-refractivity contribution in [1.29, 1.82) is 0 Å². The number of benzene rings is 2. The van der Waals surface area contributed by atoms with Gasteiger partial charge in [0.15, 0.2) is 0 Å². The molecule has 0 unspecified atom stereocenters. The van der Waals surface area contributed by atoms with Gasteiger partial charge >= 0.3 is 5.97 Å². The Morgan fingerprint density at radius 1 is 1.09 bits per heavy atom. The van der Waals surface area contributed by atoms with Crippen molar-refractivity contribution in [2.45, 2.75) is 25.7 Å². The van der Waals surface area contributed by atoms with Crippen molar-refractivity contribution in [3.63, 3.8) is 0 Å². The molecule has 0 spiro atoms. The third-order valence-corrected chi connectivity index (χ3v) is 5.27. The van der Waals surface area contributed by atoms with Crippen molar-refractivity contribution in [1.82, 2.24) is 0 Å². The average Bonchev–Trinajstić information content (AvgIpc) is 2.95. The molecule has 0 aromatic heterocycles. The van der Waals surface area contributed by atoms with Crippen LogP contribution in [0.5, 0.6) is 0 Å². The van der Waals surface area contributed by atoms with Gasteiger partial charge in [-0.3, -0.25) is 0 Å². The topological polar surface area (TPSA) is 26.3 Å². The number of ether oxygens (including phenoxy) is 1. The van der Waals surface area contributed by atoms with Crippen LogP contribution in [0.2, 0.25) is 0 Å². The summed E-state index contributed by atoms with van der Waals surface area (Å²) in [6.45, 7) is 0. The molecular formula is C20H20O2. The minimum atomic E-state index is -0.131. The number of allylic oxidation sites excluding steroid dienone is 1. The standard InChI is InChI=1S/C20H20O2/c1-22-20(21)19-17-7-6-13(10-17)11-18(19)16-9-8-14-4-2-3-5-15(14)12-16/h2-5,8-9,12-13,17H,6-7,10-11H2,1H3/t13-,17+/m1/s1. The third kappa shape index (κ3) is 2.14. The Balaban J connectivity index is 1.87. The first kappa shape index (κ1) is 13.6. The number of methoxy groups -OCH3 is 1. The van der Waals surface area contributed by atoms with Gasteiger partial charge in [0.2, 0.25) is 0 Å². The zero-order chi connectivity index (χ0) is 15.1. The minimum Gasteiger partial charge on any atom is -0.466 e. The molecule has 2 atom stereocenters. The molecule has 1 fully saturated rings. The average molecular weight is 292 g/mol. The van der Waals surface area contributed by atoms with E-state index in [4.69, 9.17) is 4.74 Å². The van der Waals surface area contributed by atoms with Gasteiger partial charge in [-0.25, -0.2) is 4.79 Å². The molecule has 22 heavy (non-hydrogen) atoms. The van der Waals surface area contributed by atoms with Crippen LogP contribution in [0.3, 0.4) is 0 Å². The van der Waals surface area contributed by atoms with E-state index < -0.39 is 0 Å². The SMILES string of the molecule is COC(=O)C1=C(c2ccc3ccccc3c2)C[C@@H]2CC[C@H]1C2. The molecule has 0 aliphatic heterocycles. The van der Waals surface area contributed by atoms with E-state index in [-0.39, 0.29) is 5.97 Å². The molecule has 2 aromatic rings. The molecule has 0 amide bonds. The predicted octanol–water partition coefficient (Wildman–Crippen LogP) is 4.59. The van der Waals surface area contributed by atoms with E-state index in [1.165, 1.54) is 35.4 Å². The summed E-state index contributed by atoms with van der Waals surface area (Å²) >= 11 is 0. The molecule has 2 aliphatic rings. The smallest absolute Gasteiger partial charge is 0.334 e. The molecule has 2 nitrogen and oxygen atoms in total. The summed E-state index contributed by atoms with van der Waals surface area (Å²) in [5, 5.41) is 2.47. The molecule has 0 heterocycles. The fraction of sp³-hybridized carbons (Fsp3) is 0.350. The Bertz CT molecular complexity index is 772. The van der Waals surface area contributed by atoms with E-state index in [0.29, 0.717) is 5.92 Å². The molecule has 4 rings (SSSR count). The molecule has 2 heteroatoms. The number of carbonyl (C=O) groups is 1. The highest BCUT2D eigenvalue weighted by molar-refractivity contribution is 6.00. The van der Waals surface area contributed by atoms with E-state index in [1.807, 2.05) is 0 Å². The van der Waals surface area contributed by atoms with E-state index in [2.05, 4.69) is 42.5 Å². The summed E-state index contributed by atoms with van der Waals surface area (Å²) in [7, 11) is 1.49. The first-order chi connectivity index (χ1) is 10.8. The Labute approximate surface area is 130 Å². The lowest BCUT2D eigenvalue weighted by Gasteiger charge is -2.25. The third-order valence-electron chi connectivity index (χ3n) is 5.27. The van der Waals surface area contributed by atoms with Gasteiger partial charge in [-0.15, -0.1) is 0 Å². The highest BCUT2D eigenvalue weighted by atomic mass is 16.5. The van der Waals surface area contributed by atoms with Crippen molar-refractivity contribution >= 4 is 22.3 Å². The number of hydrogen-bond acceptors (Lipinski definition) is 2. The van der Waals surface area contributed by atoms with Gasteiger partial charge in [0.25, 0.3) is 0 Å². The number of hydrogen-bond donors (Lipinski definition) is 0. The first-order valence-electron chi connectivity index (χ1n) is 8.07. The van der Waals surface area contributed by atoms with Crippen LogP contribution in [0.1, 0.15) is 31.2 Å². The van der Waals surface area contributed by atoms with E-state index in [1.54, 1.807) is 0 Å². The number of esters is 1. The van der Waals surface area contributed by atoms with Gasteiger partial charge in [0.1, 0.15) is 0 Å². The highest BCUT2D eigenvalue weighted by Crippen LogP contribution is 2.48. The molecular weight excluding hydrogens is 272 g/mol. The molecule has 112 valence electrons. The van der Waals surface area contributed by atoms with Gasteiger partial charge in [0.05, 0.1) is 7.11 Å². The van der Waals surface area contributed by atoms with Crippen LogP contribution in [0.4, 0.5) is 0 Å². The lowest BCUT2D eigenvalue weighted by atomic mass is 9.80. The van der Waals surface area contributed by atoms with Crippen molar-refractivity contribution in [2.75, 3.05) is 7.11 Å². The molecule has 0 radical (unpaired) electrons. The van der Waals surface area contributed by atoms with E-state index in [0.717, 1.165) is 30.8 Å². The lowest BCUT2D eigenvalue weighted by Crippen LogP contribution is -2.19. The zero-order valence-corrected chi connectivity index (χ0v) is 12.8. The summed E-state index contributed by atoms with van der Waals surface area (Å²) in [6.07, 6.45) is 4.54. The van der Waals surface area contributed by atoms with Crippen molar-refractivity contribution in [3.05, 3.63) is 53.6 Å². The molecule has 0 saturated heterocycles. The van der Waals surface area contributed by atoms with Crippen LogP contribution >= 0.6 is 0 Å². The van der Waals surface area contributed by atoms with Crippen LogP contribution in [0.25, 0.3) is 16.3 Å². The van der Waals surface area contributed by atoms with Gasteiger partial charge in [-0.05, 0) is 65.5 Å². The van der Waals surface area contributed by atoms with Crippen LogP contribution in [-0.2, 0) is 9.53 Å². The van der Waals surface area contributed by atoms with Crippen LogP contribution < -0.4 is 0 Å². The highest BCUT2D eigenvalue weighted by Gasteiger charge is 2.38. The molecule has 0 N–H and O–H groups in total. The minimum absolute atomic E-state index is 0.131. The fourth-order valence-corrected chi connectivity index (χ4v) is 4.22. The van der Waals surface area contributed by atoms with Crippen LogP contribution in [-0.4, -0.2) is 13.1 Å².